The van der Waals surface area contributed by atoms with Crippen molar-refractivity contribution in [3.8, 4) is 5.75 Å². The fourth-order valence-corrected chi connectivity index (χ4v) is 3.42. The molecule has 1 heterocycles. The number of ether oxygens (including phenoxy) is 2. The largest absolute Gasteiger partial charge is 0.491 e. The molecule has 1 fully saturated rings. The molecule has 25 heavy (non-hydrogen) atoms. The number of carbonyl (C=O) groups excluding carboxylic acids is 1. The van der Waals surface area contributed by atoms with Crippen LogP contribution in [0.4, 0.5) is 4.79 Å². The van der Waals surface area contributed by atoms with E-state index in [4.69, 9.17) is 9.47 Å². The van der Waals surface area contributed by atoms with E-state index in [9.17, 15) is 4.79 Å². The smallest absolute Gasteiger partial charge is 0.314 e. The quantitative estimate of drug-likeness (QED) is 0.735. The number of amides is 2. The van der Waals surface area contributed by atoms with Crippen LogP contribution in [0.2, 0.25) is 0 Å². The molecule has 6 heteroatoms. The topological polar surface area (TPSA) is 62.8 Å². The summed E-state index contributed by atoms with van der Waals surface area (Å²) in [6.45, 7) is 5.97. The molecule has 0 spiro atoms. The Morgan fingerprint density at radius 3 is 2.80 bits per heavy atom. The lowest BCUT2D eigenvalue weighted by atomic mass is 9.91. The van der Waals surface area contributed by atoms with E-state index in [0.29, 0.717) is 19.7 Å². The molecule has 0 radical (unpaired) electrons. The highest BCUT2D eigenvalue weighted by molar-refractivity contribution is 5.73. The highest BCUT2D eigenvalue weighted by atomic mass is 16.5. The fraction of sp³-hybridized carbons (Fsp3) is 0.632. The van der Waals surface area contributed by atoms with Gasteiger partial charge < -0.3 is 20.1 Å². The molecular formula is C19H29N3O3. The minimum absolute atomic E-state index is 0.132. The molecule has 1 saturated heterocycles. The molecule has 6 nitrogen and oxygen atoms in total. The van der Waals surface area contributed by atoms with E-state index in [1.165, 1.54) is 24.0 Å². The summed E-state index contributed by atoms with van der Waals surface area (Å²) >= 11 is 0. The third kappa shape index (κ3) is 5.61. The molecule has 1 aromatic carbocycles. The Morgan fingerprint density at radius 1 is 1.12 bits per heavy atom. The highest BCUT2D eigenvalue weighted by Gasteiger charge is 2.13. The molecule has 0 saturated carbocycles. The first-order valence-corrected chi connectivity index (χ1v) is 9.38. The van der Waals surface area contributed by atoms with Crippen molar-refractivity contribution in [2.75, 3.05) is 52.5 Å². The molecule has 2 aliphatic rings. The maximum atomic E-state index is 11.8. The second kappa shape index (κ2) is 9.63. The molecule has 3 rings (SSSR count). The third-order valence-electron chi connectivity index (χ3n) is 4.82. The number of carbonyl (C=O) groups is 1. The summed E-state index contributed by atoms with van der Waals surface area (Å²) in [6, 6.07) is 6.16. The van der Waals surface area contributed by atoms with E-state index < -0.39 is 0 Å². The Hall–Kier alpha value is -1.79. The van der Waals surface area contributed by atoms with E-state index in [0.717, 1.165) is 51.4 Å². The van der Waals surface area contributed by atoms with Gasteiger partial charge in [0.1, 0.15) is 12.4 Å². The monoisotopic (exact) mass is 347 g/mol. The van der Waals surface area contributed by atoms with Crippen LogP contribution in [-0.4, -0.2) is 63.5 Å². The minimum Gasteiger partial charge on any atom is -0.491 e. The summed E-state index contributed by atoms with van der Waals surface area (Å²) in [4.78, 5) is 14.1. The van der Waals surface area contributed by atoms with Crippen molar-refractivity contribution in [2.24, 2.45) is 0 Å². The number of rotatable bonds is 7. The van der Waals surface area contributed by atoms with Crippen LogP contribution in [0.15, 0.2) is 18.2 Å². The second-order valence-electron chi connectivity index (χ2n) is 6.59. The van der Waals surface area contributed by atoms with Crippen molar-refractivity contribution in [3.63, 3.8) is 0 Å². The summed E-state index contributed by atoms with van der Waals surface area (Å²) in [7, 11) is 0. The number of aryl methyl sites for hydroxylation is 1. The number of hydrogen-bond donors (Lipinski definition) is 2. The molecule has 0 bridgehead atoms. The zero-order chi connectivity index (χ0) is 17.3. The zero-order valence-corrected chi connectivity index (χ0v) is 14.9. The lowest BCUT2D eigenvalue weighted by Crippen LogP contribution is -2.44. The van der Waals surface area contributed by atoms with Gasteiger partial charge >= 0.3 is 6.03 Å². The molecular weight excluding hydrogens is 318 g/mol. The van der Waals surface area contributed by atoms with Crippen molar-refractivity contribution in [1.29, 1.82) is 0 Å². The van der Waals surface area contributed by atoms with Crippen LogP contribution in [0.5, 0.6) is 5.75 Å². The number of hydrogen-bond acceptors (Lipinski definition) is 4. The Labute approximate surface area is 149 Å². The SMILES string of the molecule is O=C(NCCOc1cccc2c1CCCC2)NCCN1CCOCC1. The molecule has 0 aromatic heterocycles. The van der Waals surface area contributed by atoms with Gasteiger partial charge in [-0.15, -0.1) is 0 Å². The van der Waals surface area contributed by atoms with Gasteiger partial charge in [-0.3, -0.25) is 4.90 Å². The summed E-state index contributed by atoms with van der Waals surface area (Å²) in [5.74, 6) is 0.978. The Kier molecular flexibility index (Phi) is 6.94. The molecule has 138 valence electrons. The maximum absolute atomic E-state index is 11.8. The first-order chi connectivity index (χ1) is 12.3. The summed E-state index contributed by atoms with van der Waals surface area (Å²) in [6.07, 6.45) is 4.75. The summed E-state index contributed by atoms with van der Waals surface area (Å²) in [5.41, 5.74) is 2.77. The first kappa shape index (κ1) is 18.0. The van der Waals surface area contributed by atoms with Gasteiger partial charge in [0, 0.05) is 26.2 Å². The molecule has 0 unspecified atom stereocenters. The number of morpholine rings is 1. The predicted molar refractivity (Wildman–Crippen MR) is 97.2 cm³/mol. The van der Waals surface area contributed by atoms with Crippen LogP contribution in [-0.2, 0) is 17.6 Å². The number of nitrogens with zero attached hydrogens (tertiary/aromatic N) is 1. The second-order valence-corrected chi connectivity index (χ2v) is 6.59. The summed E-state index contributed by atoms with van der Waals surface area (Å²) in [5, 5.41) is 5.74. The van der Waals surface area contributed by atoms with Crippen LogP contribution < -0.4 is 15.4 Å². The predicted octanol–water partition coefficient (Wildman–Crippen LogP) is 1.58. The van der Waals surface area contributed by atoms with Gasteiger partial charge in [-0.1, -0.05) is 12.1 Å². The number of urea groups is 1. The Bertz CT molecular complexity index is 559. The highest BCUT2D eigenvalue weighted by Crippen LogP contribution is 2.29. The van der Waals surface area contributed by atoms with Gasteiger partial charge in [-0.2, -0.15) is 0 Å². The van der Waals surface area contributed by atoms with Crippen molar-refractivity contribution in [1.82, 2.24) is 15.5 Å². The average Bonchev–Trinajstić information content (AvgIpc) is 2.66. The van der Waals surface area contributed by atoms with Crippen molar-refractivity contribution in [3.05, 3.63) is 29.3 Å². The van der Waals surface area contributed by atoms with Crippen molar-refractivity contribution < 1.29 is 14.3 Å². The van der Waals surface area contributed by atoms with Crippen molar-refractivity contribution in [2.45, 2.75) is 25.7 Å². The van der Waals surface area contributed by atoms with E-state index in [2.05, 4.69) is 27.7 Å². The van der Waals surface area contributed by atoms with Crippen LogP contribution in [0.1, 0.15) is 24.0 Å². The van der Waals surface area contributed by atoms with Gasteiger partial charge in [-0.05, 0) is 42.9 Å². The Morgan fingerprint density at radius 2 is 1.92 bits per heavy atom. The van der Waals surface area contributed by atoms with Crippen LogP contribution in [0.3, 0.4) is 0 Å². The van der Waals surface area contributed by atoms with E-state index in [1.54, 1.807) is 0 Å². The maximum Gasteiger partial charge on any atom is 0.314 e. The molecule has 1 aliphatic heterocycles. The minimum atomic E-state index is -0.132. The molecule has 1 aliphatic carbocycles. The number of benzene rings is 1. The van der Waals surface area contributed by atoms with Crippen LogP contribution in [0.25, 0.3) is 0 Å². The lowest BCUT2D eigenvalue weighted by Gasteiger charge is -2.26. The van der Waals surface area contributed by atoms with E-state index in [-0.39, 0.29) is 6.03 Å². The molecule has 0 atom stereocenters. The van der Waals surface area contributed by atoms with Gasteiger partial charge in [-0.25, -0.2) is 4.79 Å². The van der Waals surface area contributed by atoms with Crippen LogP contribution >= 0.6 is 0 Å². The Balaban J connectivity index is 1.30. The van der Waals surface area contributed by atoms with Gasteiger partial charge in [0.25, 0.3) is 0 Å². The number of fused-ring (bicyclic) bond motifs is 1. The van der Waals surface area contributed by atoms with Gasteiger partial charge in [0.15, 0.2) is 0 Å². The van der Waals surface area contributed by atoms with E-state index >= 15 is 0 Å². The lowest BCUT2D eigenvalue weighted by molar-refractivity contribution is 0.0387. The third-order valence-corrected chi connectivity index (χ3v) is 4.82. The summed E-state index contributed by atoms with van der Waals surface area (Å²) < 4.78 is 11.2. The van der Waals surface area contributed by atoms with Crippen molar-refractivity contribution >= 4 is 6.03 Å². The molecule has 2 amide bonds. The molecule has 1 aromatic rings. The van der Waals surface area contributed by atoms with E-state index in [1.807, 2.05) is 6.07 Å². The van der Waals surface area contributed by atoms with Crippen LogP contribution in [0, 0.1) is 0 Å². The number of nitrogens with one attached hydrogen (secondary N) is 2. The standard InChI is InChI=1S/C19H29N3O3/c23-19(20-8-10-22-11-14-24-15-12-22)21-9-13-25-18-7-3-5-16-4-1-2-6-17(16)18/h3,5,7H,1-2,4,6,8-15H2,(H2,20,21,23). The van der Waals surface area contributed by atoms with Gasteiger partial charge in [0.05, 0.1) is 19.8 Å². The zero-order valence-electron chi connectivity index (χ0n) is 14.9. The normalized spacial score (nSPS) is 17.6. The molecule has 2 N–H and O–H groups in total. The fourth-order valence-electron chi connectivity index (χ4n) is 3.42. The van der Waals surface area contributed by atoms with Gasteiger partial charge in [0.2, 0.25) is 0 Å². The first-order valence-electron chi connectivity index (χ1n) is 9.38. The average molecular weight is 347 g/mol.